The molecule has 1 aliphatic carbocycles. The lowest BCUT2D eigenvalue weighted by Gasteiger charge is -2.14. The fourth-order valence-corrected chi connectivity index (χ4v) is 2.05. The minimum absolute atomic E-state index is 0.0909. The van der Waals surface area contributed by atoms with E-state index in [2.05, 4.69) is 4.74 Å². The molecule has 4 nitrogen and oxygen atoms in total. The van der Waals surface area contributed by atoms with Crippen molar-refractivity contribution in [1.82, 2.24) is 0 Å². The summed E-state index contributed by atoms with van der Waals surface area (Å²) in [4.78, 5) is 21.9. The smallest absolute Gasteiger partial charge is 0.308 e. The van der Waals surface area contributed by atoms with E-state index in [9.17, 15) is 9.59 Å². The lowest BCUT2D eigenvalue weighted by Crippen LogP contribution is -2.20. The molecule has 0 aromatic rings. The summed E-state index contributed by atoms with van der Waals surface area (Å²) in [5.74, 6) is -1.31. The van der Waals surface area contributed by atoms with Gasteiger partial charge in [0.25, 0.3) is 0 Å². The molecule has 0 aromatic carbocycles. The number of ether oxygens (including phenoxy) is 1. The van der Waals surface area contributed by atoms with E-state index < -0.39 is 5.97 Å². The maximum absolute atomic E-state index is 11.2. The summed E-state index contributed by atoms with van der Waals surface area (Å²) in [6.07, 6.45) is 2.22. The van der Waals surface area contributed by atoms with Crippen molar-refractivity contribution in [3.05, 3.63) is 0 Å². The van der Waals surface area contributed by atoms with Gasteiger partial charge in [0.2, 0.25) is 0 Å². The van der Waals surface area contributed by atoms with Gasteiger partial charge in [0.15, 0.2) is 0 Å². The number of carboxylic acid groups (broad SMARTS) is 1. The SMILES string of the molecule is COC(=O)C1CCC(C(C)C(=O)O)C1. The second-order valence-corrected chi connectivity index (χ2v) is 3.92. The van der Waals surface area contributed by atoms with Gasteiger partial charge in [-0.25, -0.2) is 0 Å². The fraction of sp³-hybridized carbons (Fsp3) is 0.800. The first-order valence-electron chi connectivity index (χ1n) is 4.87. The molecule has 14 heavy (non-hydrogen) atoms. The molecule has 1 fully saturated rings. The van der Waals surface area contributed by atoms with Crippen molar-refractivity contribution in [1.29, 1.82) is 0 Å². The molecule has 0 aromatic heterocycles. The number of carbonyl (C=O) groups excluding carboxylic acids is 1. The van der Waals surface area contributed by atoms with E-state index in [4.69, 9.17) is 5.11 Å². The van der Waals surface area contributed by atoms with Crippen LogP contribution in [-0.4, -0.2) is 24.2 Å². The number of carbonyl (C=O) groups is 2. The highest BCUT2D eigenvalue weighted by molar-refractivity contribution is 5.73. The lowest BCUT2D eigenvalue weighted by molar-refractivity contribution is -0.146. The normalized spacial score (nSPS) is 28.4. The highest BCUT2D eigenvalue weighted by Crippen LogP contribution is 2.36. The molecule has 0 amide bonds. The Kier molecular flexibility index (Phi) is 3.49. The van der Waals surface area contributed by atoms with E-state index in [1.165, 1.54) is 7.11 Å². The number of aliphatic carboxylic acids is 1. The van der Waals surface area contributed by atoms with E-state index in [1.807, 2.05) is 0 Å². The van der Waals surface area contributed by atoms with Crippen LogP contribution in [0.5, 0.6) is 0 Å². The Morgan fingerprint density at radius 1 is 1.43 bits per heavy atom. The molecular weight excluding hydrogens is 184 g/mol. The Labute approximate surface area is 83.2 Å². The molecule has 3 unspecified atom stereocenters. The van der Waals surface area contributed by atoms with Gasteiger partial charge in [-0.05, 0) is 25.2 Å². The van der Waals surface area contributed by atoms with Crippen LogP contribution in [0.4, 0.5) is 0 Å². The second kappa shape index (κ2) is 4.44. The summed E-state index contributed by atoms with van der Waals surface area (Å²) in [6, 6.07) is 0. The molecule has 1 aliphatic rings. The third kappa shape index (κ3) is 2.25. The van der Waals surface area contributed by atoms with Gasteiger partial charge >= 0.3 is 11.9 Å². The zero-order chi connectivity index (χ0) is 10.7. The quantitative estimate of drug-likeness (QED) is 0.697. The number of methoxy groups -OCH3 is 1. The van der Waals surface area contributed by atoms with Crippen LogP contribution in [0.25, 0.3) is 0 Å². The van der Waals surface area contributed by atoms with Crippen LogP contribution in [0.2, 0.25) is 0 Å². The maximum Gasteiger partial charge on any atom is 0.308 e. The van der Waals surface area contributed by atoms with Crippen molar-refractivity contribution >= 4 is 11.9 Å². The standard InChI is InChI=1S/C10H16O4/c1-6(9(11)12)7-3-4-8(5-7)10(13)14-2/h6-8H,3-5H2,1-2H3,(H,11,12). The molecule has 0 bridgehead atoms. The van der Waals surface area contributed by atoms with E-state index >= 15 is 0 Å². The summed E-state index contributed by atoms with van der Waals surface area (Å²) in [5.41, 5.74) is 0. The molecule has 4 heteroatoms. The third-order valence-corrected chi connectivity index (χ3v) is 3.10. The first kappa shape index (κ1) is 11.0. The van der Waals surface area contributed by atoms with Crippen LogP contribution in [0, 0.1) is 17.8 Å². The predicted octanol–water partition coefficient (Wildman–Crippen LogP) is 1.30. The fourth-order valence-electron chi connectivity index (χ4n) is 2.05. The Morgan fingerprint density at radius 3 is 2.57 bits per heavy atom. The molecular formula is C10H16O4. The molecule has 0 radical (unpaired) electrons. The molecule has 0 heterocycles. The molecule has 1 rings (SSSR count). The number of rotatable bonds is 3. The largest absolute Gasteiger partial charge is 0.481 e. The van der Waals surface area contributed by atoms with Gasteiger partial charge < -0.3 is 9.84 Å². The van der Waals surface area contributed by atoms with Crippen LogP contribution in [0.15, 0.2) is 0 Å². The molecule has 0 saturated heterocycles. The highest BCUT2D eigenvalue weighted by atomic mass is 16.5. The van der Waals surface area contributed by atoms with Gasteiger partial charge in [0, 0.05) is 0 Å². The molecule has 1 saturated carbocycles. The van der Waals surface area contributed by atoms with Crippen LogP contribution in [0.1, 0.15) is 26.2 Å². The van der Waals surface area contributed by atoms with Gasteiger partial charge in [-0.2, -0.15) is 0 Å². The van der Waals surface area contributed by atoms with Crippen molar-refractivity contribution < 1.29 is 19.4 Å². The maximum atomic E-state index is 11.2. The van der Waals surface area contributed by atoms with Gasteiger partial charge in [-0.15, -0.1) is 0 Å². The van der Waals surface area contributed by atoms with Crippen LogP contribution < -0.4 is 0 Å². The third-order valence-electron chi connectivity index (χ3n) is 3.10. The summed E-state index contributed by atoms with van der Waals surface area (Å²) in [7, 11) is 1.37. The van der Waals surface area contributed by atoms with E-state index in [0.717, 1.165) is 12.8 Å². The van der Waals surface area contributed by atoms with Crippen molar-refractivity contribution in [2.75, 3.05) is 7.11 Å². The lowest BCUT2D eigenvalue weighted by atomic mass is 9.92. The molecule has 80 valence electrons. The zero-order valence-electron chi connectivity index (χ0n) is 8.53. The Morgan fingerprint density at radius 2 is 2.07 bits per heavy atom. The summed E-state index contributed by atoms with van der Waals surface area (Å²) < 4.78 is 4.64. The van der Waals surface area contributed by atoms with Crippen LogP contribution >= 0.6 is 0 Å². The molecule has 0 aliphatic heterocycles. The predicted molar refractivity (Wildman–Crippen MR) is 49.6 cm³/mol. The van der Waals surface area contributed by atoms with Crippen molar-refractivity contribution in [2.24, 2.45) is 17.8 Å². The Balaban J connectivity index is 2.49. The number of esters is 1. The van der Waals surface area contributed by atoms with Crippen molar-refractivity contribution in [3.63, 3.8) is 0 Å². The van der Waals surface area contributed by atoms with Crippen molar-refractivity contribution in [2.45, 2.75) is 26.2 Å². The Hall–Kier alpha value is -1.06. The van der Waals surface area contributed by atoms with Gasteiger partial charge in [-0.1, -0.05) is 6.92 Å². The first-order chi connectivity index (χ1) is 6.56. The van der Waals surface area contributed by atoms with Crippen LogP contribution in [-0.2, 0) is 14.3 Å². The van der Waals surface area contributed by atoms with Gasteiger partial charge in [-0.3, -0.25) is 9.59 Å². The first-order valence-corrected chi connectivity index (χ1v) is 4.87. The molecule has 3 atom stereocenters. The topological polar surface area (TPSA) is 63.6 Å². The van der Waals surface area contributed by atoms with E-state index in [1.54, 1.807) is 6.92 Å². The second-order valence-electron chi connectivity index (χ2n) is 3.92. The summed E-state index contributed by atoms with van der Waals surface area (Å²) in [5, 5.41) is 8.81. The minimum Gasteiger partial charge on any atom is -0.481 e. The summed E-state index contributed by atoms with van der Waals surface area (Å²) >= 11 is 0. The molecule has 1 N–H and O–H groups in total. The average molecular weight is 200 g/mol. The number of hydrogen-bond donors (Lipinski definition) is 1. The highest BCUT2D eigenvalue weighted by Gasteiger charge is 2.35. The van der Waals surface area contributed by atoms with Gasteiger partial charge in [0.05, 0.1) is 18.9 Å². The monoisotopic (exact) mass is 200 g/mol. The number of hydrogen-bond acceptors (Lipinski definition) is 3. The minimum atomic E-state index is -0.777. The number of carboxylic acids is 1. The van der Waals surface area contributed by atoms with E-state index in [0.29, 0.717) is 6.42 Å². The Bertz CT molecular complexity index is 236. The van der Waals surface area contributed by atoms with E-state index in [-0.39, 0.29) is 23.7 Å². The van der Waals surface area contributed by atoms with Crippen molar-refractivity contribution in [3.8, 4) is 0 Å². The zero-order valence-corrected chi connectivity index (χ0v) is 8.53. The summed E-state index contributed by atoms with van der Waals surface area (Å²) in [6.45, 7) is 1.70. The van der Waals surface area contributed by atoms with Crippen LogP contribution in [0.3, 0.4) is 0 Å². The molecule has 0 spiro atoms. The average Bonchev–Trinajstić information content (AvgIpc) is 2.64. The van der Waals surface area contributed by atoms with Gasteiger partial charge in [0.1, 0.15) is 0 Å².